The van der Waals surface area contributed by atoms with Crippen LogP contribution in [0.1, 0.15) is 0 Å². The molecule has 0 amide bonds. The van der Waals surface area contributed by atoms with Crippen molar-refractivity contribution in [1.82, 2.24) is 19.1 Å². The molecule has 0 N–H and O–H groups in total. The van der Waals surface area contributed by atoms with Gasteiger partial charge < -0.3 is 4.57 Å². The molecule has 0 aliphatic carbocycles. The van der Waals surface area contributed by atoms with Crippen molar-refractivity contribution in [2.45, 2.75) is 0 Å². The monoisotopic (exact) mass is 586 g/mol. The summed E-state index contributed by atoms with van der Waals surface area (Å²) >= 11 is 0. The molecule has 46 heavy (non-hydrogen) atoms. The Bertz CT molecular complexity index is 2790. The van der Waals surface area contributed by atoms with Crippen molar-refractivity contribution in [3.63, 3.8) is 0 Å². The second-order valence-corrected chi connectivity index (χ2v) is 11.8. The first-order chi connectivity index (χ1) is 22.8. The Kier molecular flexibility index (Phi) is 5.25. The molecule has 0 radical (unpaired) electrons. The van der Waals surface area contributed by atoms with Gasteiger partial charge in [0.05, 0.1) is 33.1 Å². The van der Waals surface area contributed by atoms with Gasteiger partial charge in [0, 0.05) is 32.8 Å². The highest BCUT2D eigenvalue weighted by Gasteiger charge is 2.23. The fourth-order valence-electron chi connectivity index (χ4n) is 7.34. The van der Waals surface area contributed by atoms with Crippen LogP contribution in [0.5, 0.6) is 0 Å². The van der Waals surface area contributed by atoms with E-state index in [0.717, 1.165) is 61.1 Å². The van der Waals surface area contributed by atoms with Crippen LogP contribution in [-0.2, 0) is 0 Å². The zero-order valence-corrected chi connectivity index (χ0v) is 24.8. The summed E-state index contributed by atoms with van der Waals surface area (Å²) < 4.78 is 4.74. The van der Waals surface area contributed by atoms with Gasteiger partial charge in [0.15, 0.2) is 5.82 Å². The lowest BCUT2D eigenvalue weighted by Gasteiger charge is -2.15. The molecule has 0 atom stereocenters. The van der Waals surface area contributed by atoms with Gasteiger partial charge in [-0.3, -0.25) is 4.57 Å². The molecule has 4 nitrogen and oxygen atoms in total. The molecule has 10 aromatic rings. The van der Waals surface area contributed by atoms with E-state index in [2.05, 4.69) is 161 Å². The topological polar surface area (TPSA) is 35.6 Å². The van der Waals surface area contributed by atoms with Crippen LogP contribution in [0.2, 0.25) is 0 Å². The lowest BCUT2D eigenvalue weighted by molar-refractivity contribution is 1.08. The van der Waals surface area contributed by atoms with E-state index >= 15 is 0 Å². The van der Waals surface area contributed by atoms with E-state index in [-0.39, 0.29) is 0 Å². The lowest BCUT2D eigenvalue weighted by Crippen LogP contribution is -2.04. The Labute approximate surface area is 264 Å². The Balaban J connectivity index is 1.45. The van der Waals surface area contributed by atoms with Gasteiger partial charge in [0.2, 0.25) is 0 Å². The van der Waals surface area contributed by atoms with E-state index < -0.39 is 0 Å². The summed E-state index contributed by atoms with van der Waals surface area (Å²) in [6.45, 7) is 0. The van der Waals surface area contributed by atoms with Crippen LogP contribution in [0.25, 0.3) is 88.2 Å². The van der Waals surface area contributed by atoms with Gasteiger partial charge in [-0.1, -0.05) is 115 Å². The van der Waals surface area contributed by atoms with E-state index in [1.54, 1.807) is 0 Å². The Hall–Kier alpha value is -6.26. The molecule has 0 spiro atoms. The van der Waals surface area contributed by atoms with Gasteiger partial charge >= 0.3 is 0 Å². The van der Waals surface area contributed by atoms with Crippen LogP contribution in [0, 0.1) is 0 Å². The van der Waals surface area contributed by atoms with Crippen molar-refractivity contribution in [3.8, 4) is 22.8 Å². The maximum absolute atomic E-state index is 5.53. The molecule has 0 aliphatic rings. The molecule has 0 fully saturated rings. The highest BCUT2D eigenvalue weighted by molar-refractivity contribution is 6.28. The first-order valence-corrected chi connectivity index (χ1v) is 15.6. The zero-order valence-electron chi connectivity index (χ0n) is 24.8. The van der Waals surface area contributed by atoms with Crippen molar-refractivity contribution in [2.75, 3.05) is 0 Å². The predicted molar refractivity (Wildman–Crippen MR) is 191 cm³/mol. The molecule has 0 aliphatic heterocycles. The molecule has 3 heterocycles. The van der Waals surface area contributed by atoms with Crippen molar-refractivity contribution in [1.29, 1.82) is 0 Å². The number of para-hydroxylation sites is 2. The predicted octanol–water partition coefficient (Wildman–Crippen LogP) is 10.6. The lowest BCUT2D eigenvalue weighted by atomic mass is 10.1. The third kappa shape index (κ3) is 3.49. The van der Waals surface area contributed by atoms with Crippen LogP contribution >= 0.6 is 0 Å². The molecule has 10 rings (SSSR count). The third-order valence-corrected chi connectivity index (χ3v) is 9.29. The summed E-state index contributed by atoms with van der Waals surface area (Å²) in [7, 11) is 0. The van der Waals surface area contributed by atoms with Gasteiger partial charge in [-0.05, 0) is 53.2 Å². The Morgan fingerprint density at radius 1 is 0.391 bits per heavy atom. The van der Waals surface area contributed by atoms with Crippen LogP contribution in [-0.4, -0.2) is 19.1 Å². The SMILES string of the molecule is c1ccc(-c2nc3ccc4ccccc4c3nc2-n2c3cccc4c5ccccc5n(-c5ccccc5)c5cccc2c5c43)cc1. The summed E-state index contributed by atoms with van der Waals surface area (Å²) in [5.41, 5.74) is 9.31. The van der Waals surface area contributed by atoms with E-state index in [1.165, 1.54) is 27.1 Å². The molecule has 3 aromatic heterocycles. The minimum atomic E-state index is 0.824. The summed E-state index contributed by atoms with van der Waals surface area (Å²) in [5.74, 6) is 0.824. The van der Waals surface area contributed by atoms with Gasteiger partial charge in [-0.25, -0.2) is 9.97 Å². The molecular formula is C42H26N4. The van der Waals surface area contributed by atoms with Crippen LogP contribution in [0.15, 0.2) is 158 Å². The van der Waals surface area contributed by atoms with Crippen molar-refractivity contribution < 1.29 is 0 Å². The normalized spacial score (nSPS) is 11.9. The molecule has 7 aromatic carbocycles. The van der Waals surface area contributed by atoms with Crippen molar-refractivity contribution in [3.05, 3.63) is 158 Å². The smallest absolute Gasteiger partial charge is 0.165 e. The molecule has 0 unspecified atom stereocenters. The highest BCUT2D eigenvalue weighted by Crippen LogP contribution is 2.43. The number of aromatic nitrogens is 4. The van der Waals surface area contributed by atoms with E-state index in [1.807, 2.05) is 6.07 Å². The largest absolute Gasteiger partial charge is 0.309 e. The number of fused-ring (bicyclic) bond motifs is 5. The van der Waals surface area contributed by atoms with Crippen LogP contribution in [0.4, 0.5) is 0 Å². The highest BCUT2D eigenvalue weighted by atomic mass is 15.1. The minimum Gasteiger partial charge on any atom is -0.309 e. The number of nitrogens with zero attached hydrogens (tertiary/aromatic N) is 4. The summed E-state index contributed by atoms with van der Waals surface area (Å²) in [6, 6.07) is 55.8. The van der Waals surface area contributed by atoms with Gasteiger partial charge in [-0.2, -0.15) is 0 Å². The van der Waals surface area contributed by atoms with E-state index in [0.29, 0.717) is 0 Å². The van der Waals surface area contributed by atoms with Gasteiger partial charge in [0.1, 0.15) is 5.69 Å². The first kappa shape index (κ1) is 25.1. The first-order valence-electron chi connectivity index (χ1n) is 15.6. The third-order valence-electron chi connectivity index (χ3n) is 9.29. The van der Waals surface area contributed by atoms with E-state index in [4.69, 9.17) is 9.97 Å². The summed E-state index contributed by atoms with van der Waals surface area (Å²) in [6.07, 6.45) is 0. The quantitative estimate of drug-likeness (QED) is 0.193. The molecule has 4 heteroatoms. The molecule has 0 saturated heterocycles. The Morgan fingerprint density at radius 2 is 1.00 bits per heavy atom. The fraction of sp³-hybridized carbons (Fsp3) is 0. The van der Waals surface area contributed by atoms with Crippen molar-refractivity contribution in [2.24, 2.45) is 0 Å². The molecule has 0 bridgehead atoms. The molecular weight excluding hydrogens is 560 g/mol. The number of hydrogen-bond acceptors (Lipinski definition) is 2. The second kappa shape index (κ2) is 9.62. The maximum Gasteiger partial charge on any atom is 0.165 e. The number of rotatable bonds is 3. The summed E-state index contributed by atoms with van der Waals surface area (Å²) in [5, 5.41) is 7.08. The molecule has 214 valence electrons. The molecule has 0 saturated carbocycles. The Morgan fingerprint density at radius 3 is 1.83 bits per heavy atom. The standard InChI is InChI=1S/C42H26N4/c1-3-14-28(15-4-1)40-42(44-41-30-18-8-7-13-27(30)25-26-33(41)43-40)46-35-22-11-20-32-31-19-9-10-21-34(31)45(29-16-5-2-6-17-29)36-23-12-24-37(46)39(36)38(32)35/h1-26H. The van der Waals surface area contributed by atoms with Crippen LogP contribution < -0.4 is 0 Å². The number of benzene rings is 7. The average Bonchev–Trinajstić information content (AvgIpc) is 3.40. The minimum absolute atomic E-state index is 0.824. The summed E-state index contributed by atoms with van der Waals surface area (Å²) in [4.78, 5) is 10.9. The maximum atomic E-state index is 5.53. The fourth-order valence-corrected chi connectivity index (χ4v) is 7.34. The van der Waals surface area contributed by atoms with E-state index in [9.17, 15) is 0 Å². The number of hydrogen-bond donors (Lipinski definition) is 0. The average molecular weight is 587 g/mol. The second-order valence-electron chi connectivity index (χ2n) is 11.8. The zero-order chi connectivity index (χ0) is 30.2. The van der Waals surface area contributed by atoms with Gasteiger partial charge in [-0.15, -0.1) is 0 Å². The van der Waals surface area contributed by atoms with Gasteiger partial charge in [0.25, 0.3) is 0 Å². The van der Waals surface area contributed by atoms with Crippen molar-refractivity contribution >= 4 is 65.4 Å². The van der Waals surface area contributed by atoms with Crippen LogP contribution in [0.3, 0.4) is 0 Å².